The first-order valence-electron chi connectivity index (χ1n) is 5.15. The van der Waals surface area contributed by atoms with E-state index in [0.717, 1.165) is 25.7 Å². The van der Waals surface area contributed by atoms with Crippen LogP contribution in [0.1, 0.15) is 25.7 Å². The largest absolute Gasteiger partial charge is 0.474 e. The molecule has 5 heteroatoms. The Kier molecular flexibility index (Phi) is 3.38. The van der Waals surface area contributed by atoms with Gasteiger partial charge in [0, 0.05) is 18.3 Å². The Labute approximate surface area is 93.8 Å². The lowest BCUT2D eigenvalue weighted by Gasteiger charge is -2.26. The Bertz CT molecular complexity index is 326. The first kappa shape index (κ1) is 10.6. The van der Waals surface area contributed by atoms with Crippen molar-refractivity contribution in [3.05, 3.63) is 17.5 Å². The van der Waals surface area contributed by atoms with Gasteiger partial charge in [-0.3, -0.25) is 0 Å². The second-order valence-corrected chi connectivity index (χ2v) is 4.16. The first-order chi connectivity index (χ1) is 7.24. The normalized spacial score (nSPS) is 26.3. The van der Waals surface area contributed by atoms with E-state index in [1.54, 1.807) is 12.3 Å². The van der Waals surface area contributed by atoms with Gasteiger partial charge in [0.05, 0.1) is 0 Å². The number of ether oxygens (including phenoxy) is 1. The van der Waals surface area contributed by atoms with Crippen LogP contribution in [-0.2, 0) is 0 Å². The van der Waals surface area contributed by atoms with E-state index < -0.39 is 0 Å². The summed E-state index contributed by atoms with van der Waals surface area (Å²) in [6.07, 6.45) is 5.83. The smallest absolute Gasteiger partial charge is 0.225 e. The van der Waals surface area contributed by atoms with Gasteiger partial charge in [-0.05, 0) is 37.3 Å². The van der Waals surface area contributed by atoms with Crippen molar-refractivity contribution in [3.63, 3.8) is 0 Å². The van der Waals surface area contributed by atoms with Crippen LogP contribution < -0.4 is 10.5 Å². The number of hydrogen-bond acceptors (Lipinski definition) is 4. The minimum absolute atomic E-state index is 0.218. The van der Waals surface area contributed by atoms with E-state index in [9.17, 15) is 0 Å². The first-order valence-corrected chi connectivity index (χ1v) is 5.52. The minimum Gasteiger partial charge on any atom is -0.474 e. The van der Waals surface area contributed by atoms with Gasteiger partial charge in [-0.15, -0.1) is 0 Å². The van der Waals surface area contributed by atoms with Crippen LogP contribution in [0.2, 0.25) is 5.28 Å². The van der Waals surface area contributed by atoms with E-state index in [2.05, 4.69) is 9.97 Å². The van der Waals surface area contributed by atoms with Crippen LogP contribution in [0.3, 0.4) is 0 Å². The molecule has 0 atom stereocenters. The van der Waals surface area contributed by atoms with Gasteiger partial charge in [0.15, 0.2) is 0 Å². The molecule has 1 aromatic heterocycles. The van der Waals surface area contributed by atoms with Crippen molar-refractivity contribution in [3.8, 4) is 5.88 Å². The highest BCUT2D eigenvalue weighted by Gasteiger charge is 2.20. The van der Waals surface area contributed by atoms with Gasteiger partial charge in [0.1, 0.15) is 6.10 Å². The standard InChI is InChI=1S/C10H14ClN3O/c11-10-13-6-5-9(14-10)15-8-3-1-7(12)2-4-8/h5-8H,1-4,12H2. The maximum Gasteiger partial charge on any atom is 0.225 e. The Morgan fingerprint density at radius 1 is 1.33 bits per heavy atom. The molecule has 2 N–H and O–H groups in total. The van der Waals surface area contributed by atoms with Gasteiger partial charge in [0.2, 0.25) is 11.2 Å². The number of rotatable bonds is 2. The summed E-state index contributed by atoms with van der Waals surface area (Å²) in [6.45, 7) is 0. The van der Waals surface area contributed by atoms with Crippen molar-refractivity contribution in [2.45, 2.75) is 37.8 Å². The van der Waals surface area contributed by atoms with Crippen LogP contribution in [0.25, 0.3) is 0 Å². The number of aromatic nitrogens is 2. The molecule has 0 aromatic carbocycles. The third-order valence-corrected chi connectivity index (χ3v) is 2.79. The minimum atomic E-state index is 0.218. The molecule has 1 heterocycles. The van der Waals surface area contributed by atoms with Crippen LogP contribution in [0, 0.1) is 0 Å². The maximum atomic E-state index is 5.81. The molecule has 2 rings (SSSR count). The molecule has 1 aromatic rings. The summed E-state index contributed by atoms with van der Waals surface area (Å²) in [4.78, 5) is 7.79. The van der Waals surface area contributed by atoms with E-state index in [4.69, 9.17) is 22.1 Å². The summed E-state index contributed by atoms with van der Waals surface area (Å²) in [5, 5.41) is 0.222. The van der Waals surface area contributed by atoms with E-state index in [1.165, 1.54) is 0 Å². The van der Waals surface area contributed by atoms with E-state index in [0.29, 0.717) is 11.9 Å². The van der Waals surface area contributed by atoms with Crippen LogP contribution >= 0.6 is 11.6 Å². The fourth-order valence-electron chi connectivity index (χ4n) is 1.76. The Morgan fingerprint density at radius 3 is 2.73 bits per heavy atom. The van der Waals surface area contributed by atoms with Crippen molar-refractivity contribution in [1.82, 2.24) is 9.97 Å². The average Bonchev–Trinajstić information content (AvgIpc) is 2.22. The quantitative estimate of drug-likeness (QED) is 0.783. The molecule has 82 valence electrons. The Morgan fingerprint density at radius 2 is 2.07 bits per heavy atom. The fraction of sp³-hybridized carbons (Fsp3) is 0.600. The molecule has 1 fully saturated rings. The predicted octanol–water partition coefficient (Wildman–Crippen LogP) is 1.78. The number of hydrogen-bond donors (Lipinski definition) is 1. The molecule has 0 amide bonds. The summed E-state index contributed by atoms with van der Waals surface area (Å²) < 4.78 is 5.69. The molecular weight excluding hydrogens is 214 g/mol. The van der Waals surface area contributed by atoms with E-state index in [1.807, 2.05) is 0 Å². The number of nitrogens with two attached hydrogens (primary N) is 1. The van der Waals surface area contributed by atoms with Gasteiger partial charge in [-0.1, -0.05) is 0 Å². The second kappa shape index (κ2) is 4.77. The zero-order valence-electron chi connectivity index (χ0n) is 8.40. The molecule has 15 heavy (non-hydrogen) atoms. The summed E-state index contributed by atoms with van der Waals surface area (Å²) in [5.74, 6) is 0.551. The second-order valence-electron chi connectivity index (χ2n) is 3.82. The lowest BCUT2D eigenvalue weighted by Crippen LogP contribution is -2.31. The third-order valence-electron chi connectivity index (χ3n) is 2.61. The number of nitrogens with zero attached hydrogens (tertiary/aromatic N) is 2. The summed E-state index contributed by atoms with van der Waals surface area (Å²) in [6, 6.07) is 2.05. The van der Waals surface area contributed by atoms with Crippen molar-refractivity contribution in [2.24, 2.45) is 5.73 Å². The third kappa shape index (κ3) is 3.04. The van der Waals surface area contributed by atoms with Crippen LogP contribution in [-0.4, -0.2) is 22.1 Å². The number of halogens is 1. The fourth-order valence-corrected chi connectivity index (χ4v) is 1.90. The van der Waals surface area contributed by atoms with Crippen molar-refractivity contribution in [1.29, 1.82) is 0 Å². The maximum absolute atomic E-state index is 5.81. The molecule has 0 bridgehead atoms. The van der Waals surface area contributed by atoms with Gasteiger partial charge in [0.25, 0.3) is 0 Å². The zero-order valence-corrected chi connectivity index (χ0v) is 9.15. The SMILES string of the molecule is NC1CCC(Oc2ccnc(Cl)n2)CC1. The van der Waals surface area contributed by atoms with Gasteiger partial charge in [-0.2, -0.15) is 4.98 Å². The predicted molar refractivity (Wildman–Crippen MR) is 57.9 cm³/mol. The summed E-state index contributed by atoms with van der Waals surface area (Å²) in [5.41, 5.74) is 5.81. The molecule has 0 radical (unpaired) electrons. The molecule has 0 spiro atoms. The van der Waals surface area contributed by atoms with E-state index in [-0.39, 0.29) is 11.4 Å². The van der Waals surface area contributed by atoms with Crippen molar-refractivity contribution < 1.29 is 4.74 Å². The topological polar surface area (TPSA) is 61.0 Å². The van der Waals surface area contributed by atoms with Gasteiger partial charge in [-0.25, -0.2) is 4.98 Å². The molecule has 1 saturated carbocycles. The van der Waals surface area contributed by atoms with Crippen molar-refractivity contribution >= 4 is 11.6 Å². The molecule has 4 nitrogen and oxygen atoms in total. The molecule has 1 aliphatic rings. The molecule has 0 saturated heterocycles. The summed E-state index contributed by atoms with van der Waals surface area (Å²) >= 11 is 5.66. The highest BCUT2D eigenvalue weighted by Crippen LogP contribution is 2.21. The molecule has 0 aliphatic heterocycles. The zero-order chi connectivity index (χ0) is 10.7. The Hall–Kier alpha value is -0.870. The van der Waals surface area contributed by atoms with Crippen molar-refractivity contribution in [2.75, 3.05) is 0 Å². The lowest BCUT2D eigenvalue weighted by atomic mass is 9.94. The van der Waals surface area contributed by atoms with Crippen LogP contribution in [0.5, 0.6) is 5.88 Å². The van der Waals surface area contributed by atoms with E-state index >= 15 is 0 Å². The highest BCUT2D eigenvalue weighted by atomic mass is 35.5. The molecule has 1 aliphatic carbocycles. The van der Waals surface area contributed by atoms with Gasteiger partial charge >= 0.3 is 0 Å². The Balaban J connectivity index is 1.92. The summed E-state index contributed by atoms with van der Waals surface area (Å²) in [7, 11) is 0. The molecular formula is C10H14ClN3O. The van der Waals surface area contributed by atoms with Crippen LogP contribution in [0.15, 0.2) is 12.3 Å². The van der Waals surface area contributed by atoms with Crippen LogP contribution in [0.4, 0.5) is 0 Å². The monoisotopic (exact) mass is 227 g/mol. The average molecular weight is 228 g/mol. The van der Waals surface area contributed by atoms with Gasteiger partial charge < -0.3 is 10.5 Å². The highest BCUT2D eigenvalue weighted by molar-refractivity contribution is 6.28. The lowest BCUT2D eigenvalue weighted by molar-refractivity contribution is 0.141. The molecule has 0 unspecified atom stereocenters.